The monoisotopic (exact) mass is 363 g/mol. The van der Waals surface area contributed by atoms with Crippen LogP contribution in [0.25, 0.3) is 6.08 Å². The van der Waals surface area contributed by atoms with E-state index in [-0.39, 0.29) is 5.12 Å². The van der Waals surface area contributed by atoms with Gasteiger partial charge in [0.05, 0.1) is 17.8 Å². The molecule has 25 heavy (non-hydrogen) atoms. The predicted octanol–water partition coefficient (Wildman–Crippen LogP) is 3.77. The summed E-state index contributed by atoms with van der Waals surface area (Å²) >= 11 is 1.24. The van der Waals surface area contributed by atoms with Crippen molar-refractivity contribution in [3.8, 4) is 5.88 Å². The highest BCUT2D eigenvalue weighted by atomic mass is 32.2. The van der Waals surface area contributed by atoms with Gasteiger partial charge in [-0.05, 0) is 51.7 Å². The van der Waals surface area contributed by atoms with Crippen LogP contribution in [0.4, 0.5) is 0 Å². The van der Waals surface area contributed by atoms with Gasteiger partial charge in [0.25, 0.3) is 0 Å². The third kappa shape index (κ3) is 5.09. The summed E-state index contributed by atoms with van der Waals surface area (Å²) in [5.74, 6) is 1.11. The van der Waals surface area contributed by atoms with E-state index in [9.17, 15) is 4.79 Å². The molecule has 0 unspecified atom stereocenters. The summed E-state index contributed by atoms with van der Waals surface area (Å²) in [5.41, 5.74) is 0.978. The SMILES string of the molecule is CCOc1ccc(C=C(CSC(C)=O)B2OC(C)(C)C(C)(C)O2)cn1. The normalized spacial score (nSPS) is 19.1. The number of pyridine rings is 1. The zero-order chi connectivity index (χ0) is 18.7. The predicted molar refractivity (Wildman–Crippen MR) is 103 cm³/mol. The lowest BCUT2D eigenvalue weighted by Crippen LogP contribution is -2.41. The minimum absolute atomic E-state index is 0.0623. The average molecular weight is 363 g/mol. The van der Waals surface area contributed by atoms with Gasteiger partial charge in [0.1, 0.15) is 0 Å². The number of aromatic nitrogens is 1. The van der Waals surface area contributed by atoms with Crippen molar-refractivity contribution in [3.05, 3.63) is 29.4 Å². The number of ether oxygens (including phenoxy) is 1. The van der Waals surface area contributed by atoms with Crippen LogP contribution in [-0.4, -0.2) is 40.8 Å². The maximum atomic E-state index is 11.4. The van der Waals surface area contributed by atoms with E-state index < -0.39 is 18.3 Å². The highest BCUT2D eigenvalue weighted by Crippen LogP contribution is 2.39. The van der Waals surface area contributed by atoms with Gasteiger partial charge in [0.15, 0.2) is 5.12 Å². The van der Waals surface area contributed by atoms with Gasteiger partial charge in [-0.25, -0.2) is 4.98 Å². The Hall–Kier alpha value is -1.31. The molecule has 2 rings (SSSR count). The number of carbonyl (C=O) groups excluding carboxylic acids is 1. The molecule has 1 aromatic rings. The van der Waals surface area contributed by atoms with Crippen molar-refractivity contribution in [2.45, 2.75) is 52.7 Å². The van der Waals surface area contributed by atoms with Crippen LogP contribution >= 0.6 is 11.8 Å². The summed E-state index contributed by atoms with van der Waals surface area (Å²) in [4.78, 5) is 15.7. The average Bonchev–Trinajstić information content (AvgIpc) is 2.73. The van der Waals surface area contributed by atoms with Crippen LogP contribution in [0.15, 0.2) is 23.8 Å². The van der Waals surface area contributed by atoms with Crippen molar-refractivity contribution in [3.63, 3.8) is 0 Å². The van der Waals surface area contributed by atoms with E-state index in [0.717, 1.165) is 11.0 Å². The molecule has 136 valence electrons. The summed E-state index contributed by atoms with van der Waals surface area (Å²) in [7, 11) is -0.483. The Kier molecular flexibility index (Phi) is 6.35. The molecule has 1 aliphatic heterocycles. The van der Waals surface area contributed by atoms with E-state index in [1.54, 1.807) is 13.1 Å². The lowest BCUT2D eigenvalue weighted by atomic mass is 9.78. The smallest absolute Gasteiger partial charge is 0.478 e. The van der Waals surface area contributed by atoms with Crippen LogP contribution in [0, 0.1) is 0 Å². The lowest BCUT2D eigenvalue weighted by molar-refractivity contribution is -0.109. The molecule has 0 N–H and O–H groups in total. The summed E-state index contributed by atoms with van der Waals surface area (Å²) in [6.07, 6.45) is 3.72. The molecule has 0 aromatic carbocycles. The first-order valence-electron chi connectivity index (χ1n) is 8.43. The first-order valence-corrected chi connectivity index (χ1v) is 9.41. The molecular weight excluding hydrogens is 337 g/mol. The Morgan fingerprint density at radius 3 is 2.40 bits per heavy atom. The van der Waals surface area contributed by atoms with Crippen molar-refractivity contribution in [1.29, 1.82) is 0 Å². The Balaban J connectivity index is 2.25. The van der Waals surface area contributed by atoms with Gasteiger partial charge in [-0.3, -0.25) is 4.79 Å². The van der Waals surface area contributed by atoms with Gasteiger partial charge in [0, 0.05) is 24.9 Å². The Morgan fingerprint density at radius 1 is 1.28 bits per heavy atom. The Bertz CT molecular complexity index is 627. The maximum Gasteiger partial charge on any atom is 0.491 e. The van der Waals surface area contributed by atoms with Gasteiger partial charge >= 0.3 is 7.12 Å². The molecule has 0 radical (unpaired) electrons. The Labute approximate surface area is 154 Å². The third-order valence-corrected chi connectivity index (χ3v) is 5.29. The number of nitrogens with zero attached hydrogens (tertiary/aromatic N) is 1. The minimum atomic E-state index is -0.483. The highest BCUT2D eigenvalue weighted by molar-refractivity contribution is 8.13. The second-order valence-electron chi connectivity index (χ2n) is 6.95. The molecular formula is C18H26BNO4S. The molecule has 0 saturated carbocycles. The van der Waals surface area contributed by atoms with Crippen LogP contribution in [0.3, 0.4) is 0 Å². The molecule has 7 heteroatoms. The molecule has 5 nitrogen and oxygen atoms in total. The molecule has 0 spiro atoms. The van der Waals surface area contributed by atoms with Gasteiger partial charge in [-0.2, -0.15) is 0 Å². The molecule has 0 aliphatic carbocycles. The highest BCUT2D eigenvalue weighted by Gasteiger charge is 2.52. The van der Waals surface area contributed by atoms with E-state index in [2.05, 4.69) is 4.98 Å². The minimum Gasteiger partial charge on any atom is -0.478 e. The second-order valence-corrected chi connectivity index (χ2v) is 8.10. The lowest BCUT2D eigenvalue weighted by Gasteiger charge is -2.32. The molecule has 0 amide bonds. The maximum absolute atomic E-state index is 11.4. The fourth-order valence-corrected chi connectivity index (χ4v) is 2.87. The zero-order valence-electron chi connectivity index (χ0n) is 15.8. The van der Waals surface area contributed by atoms with Crippen LogP contribution in [0.2, 0.25) is 0 Å². The van der Waals surface area contributed by atoms with Crippen LogP contribution in [0.1, 0.15) is 47.1 Å². The largest absolute Gasteiger partial charge is 0.491 e. The summed E-state index contributed by atoms with van der Waals surface area (Å²) < 4.78 is 17.6. The summed E-state index contributed by atoms with van der Waals surface area (Å²) in [5, 5.41) is 0.0623. The van der Waals surface area contributed by atoms with E-state index in [0.29, 0.717) is 18.2 Å². The number of carbonyl (C=O) groups is 1. The van der Waals surface area contributed by atoms with E-state index >= 15 is 0 Å². The summed E-state index contributed by atoms with van der Waals surface area (Å²) in [6.45, 7) is 12.1. The van der Waals surface area contributed by atoms with Crippen molar-refractivity contribution in [2.75, 3.05) is 12.4 Å². The number of rotatable bonds is 6. The van der Waals surface area contributed by atoms with Crippen LogP contribution in [-0.2, 0) is 14.1 Å². The van der Waals surface area contributed by atoms with Gasteiger partial charge in [-0.1, -0.05) is 17.8 Å². The molecule has 2 heterocycles. The van der Waals surface area contributed by atoms with Crippen LogP contribution in [0.5, 0.6) is 5.88 Å². The van der Waals surface area contributed by atoms with Gasteiger partial charge in [0.2, 0.25) is 5.88 Å². The molecule has 0 bridgehead atoms. The molecule has 0 atom stereocenters. The second kappa shape index (κ2) is 7.93. The summed E-state index contributed by atoms with van der Waals surface area (Å²) in [6, 6.07) is 3.76. The van der Waals surface area contributed by atoms with Crippen molar-refractivity contribution in [1.82, 2.24) is 4.98 Å². The van der Waals surface area contributed by atoms with E-state index in [4.69, 9.17) is 14.0 Å². The molecule has 1 aliphatic rings. The number of thioether (sulfide) groups is 1. The number of hydrogen-bond acceptors (Lipinski definition) is 6. The first-order chi connectivity index (χ1) is 11.6. The van der Waals surface area contributed by atoms with E-state index in [1.807, 2.05) is 52.8 Å². The standard InChI is InChI=1S/C18H26BNO4S/c1-7-22-16-9-8-14(11-20-16)10-15(12-25-13(2)21)19-23-17(3,4)18(5,6)24-19/h8-11H,7,12H2,1-6H3. The fourth-order valence-electron chi connectivity index (χ4n) is 2.28. The van der Waals surface area contributed by atoms with Gasteiger partial charge in [-0.15, -0.1) is 0 Å². The first kappa shape index (κ1) is 20.0. The third-order valence-electron chi connectivity index (χ3n) is 4.40. The molecule has 1 aromatic heterocycles. The van der Waals surface area contributed by atoms with Crippen molar-refractivity contribution in [2.24, 2.45) is 0 Å². The molecule has 1 saturated heterocycles. The molecule has 1 fully saturated rings. The topological polar surface area (TPSA) is 57.7 Å². The number of hydrogen-bond donors (Lipinski definition) is 0. The van der Waals surface area contributed by atoms with E-state index in [1.165, 1.54) is 11.8 Å². The van der Waals surface area contributed by atoms with Gasteiger partial charge < -0.3 is 14.0 Å². The fraction of sp³-hybridized carbons (Fsp3) is 0.556. The van der Waals surface area contributed by atoms with Crippen molar-refractivity contribution >= 4 is 30.1 Å². The quantitative estimate of drug-likeness (QED) is 0.717. The Morgan fingerprint density at radius 2 is 1.92 bits per heavy atom. The van der Waals surface area contributed by atoms with Crippen LogP contribution < -0.4 is 4.74 Å². The zero-order valence-corrected chi connectivity index (χ0v) is 16.6. The van der Waals surface area contributed by atoms with Crippen molar-refractivity contribution < 1.29 is 18.8 Å².